The molecule has 2 N–H and O–H groups in total. The number of urea groups is 1. The molecule has 1 heterocycles. The van der Waals surface area contributed by atoms with Crippen LogP contribution in [-0.2, 0) is 19.1 Å². The van der Waals surface area contributed by atoms with E-state index in [4.69, 9.17) is 9.47 Å². The van der Waals surface area contributed by atoms with Crippen molar-refractivity contribution in [3.8, 4) is 0 Å². The molecule has 0 aromatic carbocycles. The summed E-state index contributed by atoms with van der Waals surface area (Å²) in [6.07, 6.45) is -0.482. The summed E-state index contributed by atoms with van der Waals surface area (Å²) in [5.41, 5.74) is -0.912. The van der Waals surface area contributed by atoms with Crippen molar-refractivity contribution in [2.24, 2.45) is 0 Å². The van der Waals surface area contributed by atoms with Crippen molar-refractivity contribution in [3.63, 3.8) is 0 Å². The molecule has 1 rings (SSSR count). The minimum Gasteiger partial charge on any atom is -0.354 e. The second-order valence-corrected chi connectivity index (χ2v) is 4.97. The molecule has 4 amide bonds. The van der Waals surface area contributed by atoms with Crippen molar-refractivity contribution < 1.29 is 23.9 Å². The molecule has 0 saturated carbocycles. The van der Waals surface area contributed by atoms with Crippen LogP contribution in [0.15, 0.2) is 0 Å². The van der Waals surface area contributed by atoms with Gasteiger partial charge in [0, 0.05) is 27.2 Å². The van der Waals surface area contributed by atoms with Gasteiger partial charge in [0.25, 0.3) is 5.91 Å². The number of ether oxygens (including phenoxy) is 2. The van der Waals surface area contributed by atoms with E-state index in [1.165, 1.54) is 14.2 Å². The Balaban J connectivity index is 2.38. The van der Waals surface area contributed by atoms with Crippen LogP contribution in [0.1, 0.15) is 20.3 Å². The summed E-state index contributed by atoms with van der Waals surface area (Å²) in [6.45, 7) is 3.49. The lowest BCUT2D eigenvalue weighted by Gasteiger charge is -2.16. The third kappa shape index (κ3) is 3.91. The lowest BCUT2D eigenvalue weighted by molar-refractivity contribution is -0.131. The number of carbonyl (C=O) groups excluding carboxylic acids is 3. The van der Waals surface area contributed by atoms with E-state index in [1.54, 1.807) is 13.8 Å². The smallest absolute Gasteiger partial charge is 0.325 e. The van der Waals surface area contributed by atoms with Gasteiger partial charge < -0.3 is 20.1 Å². The number of hydrogen-bond donors (Lipinski definition) is 2. The Kier molecular flexibility index (Phi) is 5.46. The van der Waals surface area contributed by atoms with Gasteiger partial charge in [-0.3, -0.25) is 14.5 Å². The zero-order valence-corrected chi connectivity index (χ0v) is 12.2. The molecule has 0 unspecified atom stereocenters. The van der Waals surface area contributed by atoms with Crippen LogP contribution >= 0.6 is 0 Å². The number of nitrogens with zero attached hydrogens (tertiary/aromatic N) is 1. The maximum atomic E-state index is 11.9. The first kappa shape index (κ1) is 16.4. The SMILES string of the molecule is COC(CNC(=O)CCN1C(=O)NC(C)(C)C1=O)OC. The first-order chi connectivity index (χ1) is 9.31. The van der Waals surface area contributed by atoms with Gasteiger partial charge in [-0.05, 0) is 13.8 Å². The minimum atomic E-state index is -0.912. The van der Waals surface area contributed by atoms with Gasteiger partial charge in [0.05, 0.1) is 6.54 Å². The van der Waals surface area contributed by atoms with Crippen LogP contribution in [0, 0.1) is 0 Å². The molecule has 114 valence electrons. The van der Waals surface area contributed by atoms with Crippen LogP contribution in [0.25, 0.3) is 0 Å². The van der Waals surface area contributed by atoms with Gasteiger partial charge in [-0.1, -0.05) is 0 Å². The fraction of sp³-hybridized carbons (Fsp3) is 0.750. The summed E-state index contributed by atoms with van der Waals surface area (Å²) < 4.78 is 9.85. The van der Waals surface area contributed by atoms with Gasteiger partial charge >= 0.3 is 6.03 Å². The second-order valence-electron chi connectivity index (χ2n) is 4.97. The maximum absolute atomic E-state index is 11.9. The van der Waals surface area contributed by atoms with Crippen molar-refractivity contribution in [1.29, 1.82) is 0 Å². The zero-order chi connectivity index (χ0) is 15.3. The summed E-state index contributed by atoms with van der Waals surface area (Å²) in [5, 5.41) is 5.15. The topological polar surface area (TPSA) is 97.0 Å². The molecule has 0 bridgehead atoms. The van der Waals surface area contributed by atoms with Gasteiger partial charge in [-0.15, -0.1) is 0 Å². The van der Waals surface area contributed by atoms with E-state index in [0.29, 0.717) is 0 Å². The molecular formula is C12H21N3O5. The van der Waals surface area contributed by atoms with E-state index in [9.17, 15) is 14.4 Å². The lowest BCUT2D eigenvalue weighted by atomic mass is 10.1. The number of methoxy groups -OCH3 is 2. The van der Waals surface area contributed by atoms with Gasteiger partial charge in [0.2, 0.25) is 5.91 Å². The second kappa shape index (κ2) is 6.67. The molecule has 0 spiro atoms. The lowest BCUT2D eigenvalue weighted by Crippen LogP contribution is -2.41. The van der Waals surface area contributed by atoms with Gasteiger partial charge in [0.15, 0.2) is 6.29 Å². The molecule has 0 radical (unpaired) electrons. The third-order valence-electron chi connectivity index (χ3n) is 3.00. The van der Waals surface area contributed by atoms with Crippen LogP contribution in [0.4, 0.5) is 4.79 Å². The highest BCUT2D eigenvalue weighted by atomic mass is 16.7. The number of amides is 4. The molecule has 0 atom stereocenters. The Morgan fingerprint density at radius 2 is 1.95 bits per heavy atom. The van der Waals surface area contributed by atoms with Crippen LogP contribution in [0.3, 0.4) is 0 Å². The first-order valence-electron chi connectivity index (χ1n) is 6.28. The summed E-state index contributed by atoms with van der Waals surface area (Å²) in [6, 6.07) is -0.473. The standard InChI is InChI=1S/C12H21N3O5/c1-12(2)10(17)15(11(18)14-12)6-5-8(16)13-7-9(19-3)20-4/h9H,5-7H2,1-4H3,(H,13,16)(H,14,18). The summed E-state index contributed by atoms with van der Waals surface area (Å²) in [5.74, 6) is -0.614. The van der Waals surface area contributed by atoms with E-state index in [1.807, 2.05) is 0 Å². The predicted molar refractivity (Wildman–Crippen MR) is 69.8 cm³/mol. The molecular weight excluding hydrogens is 266 g/mol. The molecule has 8 nitrogen and oxygen atoms in total. The van der Waals surface area contributed by atoms with E-state index in [0.717, 1.165) is 4.90 Å². The molecule has 1 aliphatic heterocycles. The number of hydrogen-bond acceptors (Lipinski definition) is 5. The van der Waals surface area contributed by atoms with Gasteiger partial charge in [-0.2, -0.15) is 0 Å². The van der Waals surface area contributed by atoms with E-state index >= 15 is 0 Å². The zero-order valence-electron chi connectivity index (χ0n) is 12.2. The number of carbonyl (C=O) groups is 3. The Morgan fingerprint density at radius 3 is 2.40 bits per heavy atom. The Labute approximate surface area is 117 Å². The maximum Gasteiger partial charge on any atom is 0.325 e. The van der Waals surface area contributed by atoms with E-state index in [2.05, 4.69) is 10.6 Å². The summed E-state index contributed by atoms with van der Waals surface area (Å²) in [7, 11) is 2.94. The van der Waals surface area contributed by atoms with Crippen molar-refractivity contribution in [2.75, 3.05) is 27.3 Å². The number of nitrogens with one attached hydrogen (secondary N) is 2. The average molecular weight is 287 g/mol. The summed E-state index contributed by atoms with van der Waals surface area (Å²) >= 11 is 0. The molecule has 1 aliphatic rings. The molecule has 20 heavy (non-hydrogen) atoms. The average Bonchev–Trinajstić information content (AvgIpc) is 2.58. The van der Waals surface area contributed by atoms with Crippen molar-refractivity contribution >= 4 is 17.8 Å². The largest absolute Gasteiger partial charge is 0.354 e. The molecule has 0 aromatic rings. The van der Waals surface area contributed by atoms with E-state index in [-0.39, 0.29) is 31.3 Å². The highest BCUT2D eigenvalue weighted by Crippen LogP contribution is 2.16. The van der Waals surface area contributed by atoms with Crippen LogP contribution < -0.4 is 10.6 Å². The predicted octanol–water partition coefficient (Wildman–Crippen LogP) is -0.558. The normalized spacial score (nSPS) is 17.6. The Morgan fingerprint density at radius 1 is 1.35 bits per heavy atom. The van der Waals surface area contributed by atoms with E-state index < -0.39 is 17.9 Å². The Bertz CT molecular complexity index is 393. The number of imide groups is 1. The molecule has 0 aliphatic carbocycles. The van der Waals surface area contributed by atoms with Gasteiger partial charge in [-0.25, -0.2) is 4.79 Å². The highest BCUT2D eigenvalue weighted by molar-refractivity contribution is 6.06. The fourth-order valence-electron chi connectivity index (χ4n) is 1.78. The van der Waals surface area contributed by atoms with Gasteiger partial charge in [0.1, 0.15) is 5.54 Å². The fourth-order valence-corrected chi connectivity index (χ4v) is 1.78. The van der Waals surface area contributed by atoms with Crippen molar-refractivity contribution in [1.82, 2.24) is 15.5 Å². The highest BCUT2D eigenvalue weighted by Gasteiger charge is 2.43. The molecule has 1 fully saturated rings. The molecule has 0 aromatic heterocycles. The van der Waals surface area contributed by atoms with Crippen LogP contribution in [0.5, 0.6) is 0 Å². The Hall–Kier alpha value is -1.67. The van der Waals surface area contributed by atoms with Crippen molar-refractivity contribution in [3.05, 3.63) is 0 Å². The summed E-state index contributed by atoms with van der Waals surface area (Å²) in [4.78, 5) is 36.1. The first-order valence-corrected chi connectivity index (χ1v) is 6.28. The van der Waals surface area contributed by atoms with Crippen LogP contribution in [0.2, 0.25) is 0 Å². The minimum absolute atomic E-state index is 0.0371. The quantitative estimate of drug-likeness (QED) is 0.483. The van der Waals surface area contributed by atoms with Crippen molar-refractivity contribution in [2.45, 2.75) is 32.1 Å². The van der Waals surface area contributed by atoms with Crippen LogP contribution in [-0.4, -0.2) is 61.9 Å². The third-order valence-corrected chi connectivity index (χ3v) is 3.00. The monoisotopic (exact) mass is 287 g/mol. The molecule has 1 saturated heterocycles. The molecule has 8 heteroatoms. The number of rotatable bonds is 7.